The molecule has 1 fully saturated rings. The first-order chi connectivity index (χ1) is 5.89. The van der Waals surface area contributed by atoms with Gasteiger partial charge in [0, 0.05) is 13.1 Å². The van der Waals surface area contributed by atoms with E-state index in [2.05, 4.69) is 4.90 Å². The van der Waals surface area contributed by atoms with Gasteiger partial charge in [0.05, 0.1) is 5.41 Å². The van der Waals surface area contributed by atoms with Gasteiger partial charge in [0.15, 0.2) is 0 Å². The zero-order valence-electron chi connectivity index (χ0n) is 8.96. The summed E-state index contributed by atoms with van der Waals surface area (Å²) in [6, 6.07) is 0. The molecule has 1 aliphatic rings. The maximum absolute atomic E-state index is 11.5. The molecule has 1 saturated heterocycles. The lowest BCUT2D eigenvalue weighted by Crippen LogP contribution is -2.29. The second-order valence-electron chi connectivity index (χ2n) is 4.83. The van der Waals surface area contributed by atoms with E-state index >= 15 is 0 Å². The van der Waals surface area contributed by atoms with Crippen LogP contribution in [0, 0.1) is 5.41 Å². The van der Waals surface area contributed by atoms with Crippen LogP contribution in [0.5, 0.6) is 0 Å². The Morgan fingerprint density at radius 2 is 2.08 bits per heavy atom. The van der Waals surface area contributed by atoms with Gasteiger partial charge in [-0.1, -0.05) is 0 Å². The maximum Gasteiger partial charge on any atom is 0.311 e. The summed E-state index contributed by atoms with van der Waals surface area (Å²) in [5.41, 5.74) is -0.374. The number of ether oxygens (including phenoxy) is 1. The largest absolute Gasteiger partial charge is 0.461 e. The number of carbonyl (C=O) groups excluding carboxylic acids is 1. The van der Waals surface area contributed by atoms with Crippen molar-refractivity contribution in [1.29, 1.82) is 0 Å². The van der Waals surface area contributed by atoms with Gasteiger partial charge in [-0.2, -0.15) is 0 Å². The van der Waals surface area contributed by atoms with Crippen molar-refractivity contribution in [2.45, 2.75) is 33.3 Å². The van der Waals surface area contributed by atoms with Crippen molar-refractivity contribution in [3.63, 3.8) is 0 Å². The Labute approximate surface area is 80.1 Å². The van der Waals surface area contributed by atoms with E-state index in [-0.39, 0.29) is 17.5 Å². The Morgan fingerprint density at radius 3 is 2.46 bits per heavy atom. The van der Waals surface area contributed by atoms with Crippen molar-refractivity contribution in [2.24, 2.45) is 5.41 Å². The molecule has 1 heterocycles. The van der Waals surface area contributed by atoms with Gasteiger partial charge in [-0.25, -0.2) is 0 Å². The molecule has 3 nitrogen and oxygen atoms in total. The van der Waals surface area contributed by atoms with Crippen LogP contribution in [0.1, 0.15) is 27.2 Å². The van der Waals surface area contributed by atoms with Crippen molar-refractivity contribution < 1.29 is 9.53 Å². The molecule has 1 rings (SSSR count). The molecular formula is C10H19NO2. The van der Waals surface area contributed by atoms with E-state index in [0.717, 1.165) is 19.5 Å². The summed E-state index contributed by atoms with van der Waals surface area (Å²) >= 11 is 0. The monoisotopic (exact) mass is 185 g/mol. The zero-order valence-corrected chi connectivity index (χ0v) is 8.96. The van der Waals surface area contributed by atoms with Crippen LogP contribution in [0.2, 0.25) is 0 Å². The van der Waals surface area contributed by atoms with Gasteiger partial charge in [-0.15, -0.1) is 0 Å². The minimum atomic E-state index is -0.374. The van der Waals surface area contributed by atoms with Gasteiger partial charge in [0.25, 0.3) is 0 Å². The van der Waals surface area contributed by atoms with Crippen LogP contribution in [-0.2, 0) is 9.53 Å². The molecule has 0 aliphatic carbocycles. The number of hydrogen-bond donors (Lipinski definition) is 0. The highest BCUT2D eigenvalue weighted by Crippen LogP contribution is 2.19. The molecule has 13 heavy (non-hydrogen) atoms. The standard InChI is InChI=1S/C10H19NO2/c1-10(2,3)9(12)13-8-5-6-11(4)7-8/h8H,5-7H2,1-4H3. The third-order valence-electron chi connectivity index (χ3n) is 2.23. The number of rotatable bonds is 1. The first-order valence-electron chi connectivity index (χ1n) is 4.79. The molecule has 1 aliphatic heterocycles. The fraction of sp³-hybridized carbons (Fsp3) is 0.900. The highest BCUT2D eigenvalue weighted by atomic mass is 16.5. The van der Waals surface area contributed by atoms with Gasteiger partial charge < -0.3 is 9.64 Å². The van der Waals surface area contributed by atoms with Crippen molar-refractivity contribution in [3.8, 4) is 0 Å². The predicted molar refractivity (Wildman–Crippen MR) is 51.4 cm³/mol. The highest BCUT2D eigenvalue weighted by Gasteiger charge is 2.29. The minimum absolute atomic E-state index is 0.0900. The molecule has 0 spiro atoms. The van der Waals surface area contributed by atoms with Gasteiger partial charge in [-0.3, -0.25) is 4.79 Å². The first-order valence-corrected chi connectivity index (χ1v) is 4.79. The SMILES string of the molecule is CN1CCC(OC(=O)C(C)(C)C)C1. The first kappa shape index (κ1) is 10.5. The summed E-state index contributed by atoms with van der Waals surface area (Å²) in [6.45, 7) is 7.56. The lowest BCUT2D eigenvalue weighted by molar-refractivity contribution is -0.157. The Balaban J connectivity index is 2.37. The molecule has 1 atom stereocenters. The van der Waals surface area contributed by atoms with Gasteiger partial charge in [-0.05, 0) is 34.2 Å². The predicted octanol–water partition coefficient (Wildman–Crippen LogP) is 1.28. The third kappa shape index (κ3) is 2.99. The Morgan fingerprint density at radius 1 is 1.46 bits per heavy atom. The van der Waals surface area contributed by atoms with E-state index in [1.165, 1.54) is 0 Å². The van der Waals surface area contributed by atoms with E-state index in [4.69, 9.17) is 4.74 Å². The van der Waals surface area contributed by atoms with Crippen molar-refractivity contribution in [2.75, 3.05) is 20.1 Å². The van der Waals surface area contributed by atoms with E-state index in [1.807, 2.05) is 27.8 Å². The van der Waals surface area contributed by atoms with Gasteiger partial charge in [0.2, 0.25) is 0 Å². The number of carbonyl (C=O) groups is 1. The molecule has 0 aromatic rings. The summed E-state index contributed by atoms with van der Waals surface area (Å²) < 4.78 is 5.37. The van der Waals surface area contributed by atoms with Crippen molar-refractivity contribution in [3.05, 3.63) is 0 Å². The lowest BCUT2D eigenvalue weighted by atomic mass is 9.97. The van der Waals surface area contributed by atoms with E-state index in [1.54, 1.807) is 0 Å². The average Bonchev–Trinajstić information content (AvgIpc) is 2.33. The normalized spacial score (nSPS) is 24.8. The van der Waals surface area contributed by atoms with E-state index in [9.17, 15) is 4.79 Å². The summed E-state index contributed by atoms with van der Waals surface area (Å²) in [4.78, 5) is 13.7. The summed E-state index contributed by atoms with van der Waals surface area (Å²) in [5, 5.41) is 0. The molecule has 0 N–H and O–H groups in total. The fourth-order valence-corrected chi connectivity index (χ4v) is 1.32. The van der Waals surface area contributed by atoms with Crippen molar-refractivity contribution >= 4 is 5.97 Å². The second kappa shape index (κ2) is 3.66. The molecule has 0 aromatic carbocycles. The topological polar surface area (TPSA) is 29.5 Å². The van der Waals surface area contributed by atoms with E-state index in [0.29, 0.717) is 0 Å². The van der Waals surface area contributed by atoms with Crippen LogP contribution in [0.4, 0.5) is 0 Å². The molecule has 0 aromatic heterocycles. The number of likely N-dealkylation sites (N-methyl/N-ethyl adjacent to an activating group) is 1. The third-order valence-corrected chi connectivity index (χ3v) is 2.23. The number of hydrogen-bond acceptors (Lipinski definition) is 3. The fourth-order valence-electron chi connectivity index (χ4n) is 1.32. The Kier molecular flexibility index (Phi) is 2.96. The van der Waals surface area contributed by atoms with Gasteiger partial charge >= 0.3 is 5.97 Å². The smallest absolute Gasteiger partial charge is 0.311 e. The van der Waals surface area contributed by atoms with Crippen LogP contribution < -0.4 is 0 Å². The van der Waals surface area contributed by atoms with Crippen molar-refractivity contribution in [1.82, 2.24) is 4.90 Å². The molecule has 0 amide bonds. The molecule has 0 radical (unpaired) electrons. The van der Waals surface area contributed by atoms with Crippen LogP contribution >= 0.6 is 0 Å². The lowest BCUT2D eigenvalue weighted by Gasteiger charge is -2.20. The summed E-state index contributed by atoms with van der Waals surface area (Å²) in [6.07, 6.45) is 1.08. The van der Waals surface area contributed by atoms with Crippen LogP contribution in [0.3, 0.4) is 0 Å². The van der Waals surface area contributed by atoms with Crippen LogP contribution in [-0.4, -0.2) is 37.1 Å². The molecular weight excluding hydrogens is 166 g/mol. The van der Waals surface area contributed by atoms with Gasteiger partial charge in [0.1, 0.15) is 6.10 Å². The quantitative estimate of drug-likeness (QED) is 0.576. The maximum atomic E-state index is 11.5. The summed E-state index contributed by atoms with van der Waals surface area (Å²) in [5.74, 6) is -0.0900. The van der Waals surface area contributed by atoms with Crippen LogP contribution in [0.15, 0.2) is 0 Å². The molecule has 0 saturated carbocycles. The second-order valence-corrected chi connectivity index (χ2v) is 4.83. The number of nitrogens with zero attached hydrogens (tertiary/aromatic N) is 1. The van der Waals surface area contributed by atoms with E-state index < -0.39 is 0 Å². The highest BCUT2D eigenvalue weighted by molar-refractivity contribution is 5.75. The zero-order chi connectivity index (χ0) is 10.1. The Hall–Kier alpha value is -0.570. The number of likely N-dealkylation sites (tertiary alicyclic amines) is 1. The molecule has 0 bridgehead atoms. The molecule has 1 unspecified atom stereocenters. The summed E-state index contributed by atoms with van der Waals surface area (Å²) in [7, 11) is 2.05. The number of esters is 1. The minimum Gasteiger partial charge on any atom is -0.461 e. The van der Waals surface area contributed by atoms with Crippen LogP contribution in [0.25, 0.3) is 0 Å². The Bertz CT molecular complexity index is 196. The molecule has 3 heteroatoms. The molecule has 76 valence electrons. The average molecular weight is 185 g/mol.